The number of ketones is 1. The lowest BCUT2D eigenvalue weighted by Gasteiger charge is -2.09. The molecule has 0 N–H and O–H groups in total. The zero-order valence-corrected chi connectivity index (χ0v) is 9.16. The molecule has 0 aromatic rings. The fraction of sp³-hybridized carbons (Fsp3) is 0.600. The number of hydrogen-bond donors (Lipinski definition) is 0. The van der Waals surface area contributed by atoms with Crippen LogP contribution in [0.15, 0.2) is 11.8 Å². The van der Waals surface area contributed by atoms with Crippen LogP contribution >= 0.6 is 0 Å². The van der Waals surface area contributed by atoms with E-state index in [1.165, 1.54) is 6.92 Å². The van der Waals surface area contributed by atoms with E-state index in [9.17, 15) is 9.59 Å². The van der Waals surface area contributed by atoms with Crippen LogP contribution < -0.4 is 0 Å². The van der Waals surface area contributed by atoms with E-state index in [1.54, 1.807) is 32.1 Å². The summed E-state index contributed by atoms with van der Waals surface area (Å²) in [5, 5.41) is 0. The number of carbonyl (C=O) groups is 2. The van der Waals surface area contributed by atoms with Gasteiger partial charge in [-0.15, -0.1) is 0 Å². The molecule has 0 spiro atoms. The summed E-state index contributed by atoms with van der Waals surface area (Å²) in [5.74, 6) is -0.470. The minimum absolute atomic E-state index is 0.0430. The van der Waals surface area contributed by atoms with Crippen molar-refractivity contribution in [3.8, 4) is 0 Å². The Morgan fingerprint density at radius 3 is 2.29 bits per heavy atom. The average Bonchev–Trinajstić information content (AvgIpc) is 2.02. The van der Waals surface area contributed by atoms with Crippen molar-refractivity contribution in [3.63, 3.8) is 0 Å². The SMILES string of the molecule is CCOC(=O)CC(=CN(C)C)C(C)=O. The molecule has 0 rings (SSSR count). The van der Waals surface area contributed by atoms with Crippen molar-refractivity contribution in [2.45, 2.75) is 20.3 Å². The molecular formula is C10H17NO3. The normalized spacial score (nSPS) is 11.0. The van der Waals surface area contributed by atoms with Gasteiger partial charge >= 0.3 is 5.97 Å². The molecule has 0 unspecified atom stereocenters. The molecule has 0 aromatic carbocycles. The van der Waals surface area contributed by atoms with Gasteiger partial charge in [0, 0.05) is 25.9 Å². The average molecular weight is 199 g/mol. The van der Waals surface area contributed by atoms with Crippen LogP contribution in [0.3, 0.4) is 0 Å². The fourth-order valence-corrected chi connectivity index (χ4v) is 0.940. The van der Waals surface area contributed by atoms with Crippen LogP contribution in [0, 0.1) is 0 Å². The summed E-state index contributed by atoms with van der Waals surface area (Å²) in [4.78, 5) is 24.0. The van der Waals surface area contributed by atoms with Crippen molar-refractivity contribution in [2.24, 2.45) is 0 Å². The maximum atomic E-state index is 11.1. The first kappa shape index (κ1) is 12.7. The molecule has 0 amide bonds. The monoisotopic (exact) mass is 199 g/mol. The number of nitrogens with zero attached hydrogens (tertiary/aromatic N) is 1. The van der Waals surface area contributed by atoms with Gasteiger partial charge in [-0.2, -0.15) is 0 Å². The molecule has 0 aliphatic rings. The predicted octanol–water partition coefficient (Wildman–Crippen LogP) is 0.974. The molecule has 0 bridgehead atoms. The van der Waals surface area contributed by atoms with E-state index >= 15 is 0 Å². The van der Waals surface area contributed by atoms with Crippen molar-refractivity contribution < 1.29 is 14.3 Å². The van der Waals surface area contributed by atoms with E-state index in [4.69, 9.17) is 4.74 Å². The number of carbonyl (C=O) groups excluding carboxylic acids is 2. The molecule has 80 valence electrons. The summed E-state index contributed by atoms with van der Waals surface area (Å²) in [5.41, 5.74) is 0.466. The van der Waals surface area contributed by atoms with E-state index in [0.29, 0.717) is 12.2 Å². The highest BCUT2D eigenvalue weighted by molar-refractivity contribution is 5.97. The highest BCUT2D eigenvalue weighted by Crippen LogP contribution is 2.05. The van der Waals surface area contributed by atoms with Gasteiger partial charge in [-0.05, 0) is 13.8 Å². The number of Topliss-reactive ketones (excluding diaryl/α,β-unsaturated/α-hetero) is 1. The molecule has 0 heterocycles. The first-order valence-electron chi connectivity index (χ1n) is 4.51. The van der Waals surface area contributed by atoms with Gasteiger partial charge in [0.25, 0.3) is 0 Å². The number of rotatable bonds is 5. The molecule has 0 saturated heterocycles. The lowest BCUT2D eigenvalue weighted by atomic mass is 10.1. The van der Waals surface area contributed by atoms with Crippen LogP contribution in [0.4, 0.5) is 0 Å². The second-order valence-electron chi connectivity index (χ2n) is 3.16. The molecule has 4 heteroatoms. The van der Waals surface area contributed by atoms with Gasteiger partial charge in [-0.25, -0.2) is 0 Å². The summed E-state index contributed by atoms with van der Waals surface area (Å²) in [7, 11) is 3.60. The first-order chi connectivity index (χ1) is 6.47. The third-order valence-electron chi connectivity index (χ3n) is 1.51. The molecule has 0 aliphatic heterocycles. The molecule has 0 fully saturated rings. The van der Waals surface area contributed by atoms with Gasteiger partial charge in [-0.3, -0.25) is 9.59 Å². The lowest BCUT2D eigenvalue weighted by Crippen LogP contribution is -2.12. The Morgan fingerprint density at radius 1 is 1.36 bits per heavy atom. The first-order valence-corrected chi connectivity index (χ1v) is 4.51. The maximum Gasteiger partial charge on any atom is 0.310 e. The molecule has 0 saturated carbocycles. The Kier molecular flexibility index (Phi) is 5.60. The summed E-state index contributed by atoms with van der Waals surface area (Å²) in [6.45, 7) is 3.52. The Hall–Kier alpha value is -1.32. The van der Waals surface area contributed by atoms with Gasteiger partial charge in [0.15, 0.2) is 5.78 Å². The van der Waals surface area contributed by atoms with Gasteiger partial charge in [0.05, 0.1) is 13.0 Å². The van der Waals surface area contributed by atoms with Crippen LogP contribution in [0.2, 0.25) is 0 Å². The molecule has 0 aromatic heterocycles. The second kappa shape index (κ2) is 6.18. The summed E-state index contributed by atoms with van der Waals surface area (Å²) in [6, 6.07) is 0. The Morgan fingerprint density at radius 2 is 1.93 bits per heavy atom. The van der Waals surface area contributed by atoms with E-state index in [2.05, 4.69) is 0 Å². The van der Waals surface area contributed by atoms with Crippen LogP contribution in [0.25, 0.3) is 0 Å². The molecule has 4 nitrogen and oxygen atoms in total. The van der Waals surface area contributed by atoms with Crippen LogP contribution in [-0.4, -0.2) is 37.4 Å². The van der Waals surface area contributed by atoms with Crippen molar-refractivity contribution >= 4 is 11.8 Å². The van der Waals surface area contributed by atoms with Crippen molar-refractivity contribution in [3.05, 3.63) is 11.8 Å². The Labute approximate surface area is 84.5 Å². The van der Waals surface area contributed by atoms with Crippen LogP contribution in [0.5, 0.6) is 0 Å². The number of ether oxygens (including phenoxy) is 1. The molecule has 0 radical (unpaired) electrons. The lowest BCUT2D eigenvalue weighted by molar-refractivity contribution is -0.142. The number of hydrogen-bond acceptors (Lipinski definition) is 4. The largest absolute Gasteiger partial charge is 0.466 e. The molecular weight excluding hydrogens is 182 g/mol. The maximum absolute atomic E-state index is 11.1. The van der Waals surface area contributed by atoms with E-state index in [-0.39, 0.29) is 18.2 Å². The Bertz CT molecular complexity index is 244. The van der Waals surface area contributed by atoms with E-state index in [1.807, 2.05) is 0 Å². The zero-order chi connectivity index (χ0) is 11.1. The highest BCUT2D eigenvalue weighted by atomic mass is 16.5. The van der Waals surface area contributed by atoms with Gasteiger partial charge in [0.1, 0.15) is 0 Å². The van der Waals surface area contributed by atoms with Gasteiger partial charge in [-0.1, -0.05) is 0 Å². The third kappa shape index (κ3) is 5.35. The molecule has 14 heavy (non-hydrogen) atoms. The molecule has 0 aliphatic carbocycles. The van der Waals surface area contributed by atoms with Gasteiger partial charge in [0.2, 0.25) is 0 Å². The standard InChI is InChI=1S/C10H17NO3/c1-5-14-10(13)6-9(8(2)12)7-11(3)4/h7H,5-6H2,1-4H3. The topological polar surface area (TPSA) is 46.6 Å². The number of esters is 1. The van der Waals surface area contributed by atoms with Crippen molar-refractivity contribution in [2.75, 3.05) is 20.7 Å². The zero-order valence-electron chi connectivity index (χ0n) is 9.16. The van der Waals surface area contributed by atoms with Gasteiger partial charge < -0.3 is 9.64 Å². The van der Waals surface area contributed by atoms with E-state index < -0.39 is 0 Å². The summed E-state index contributed by atoms with van der Waals surface area (Å²) < 4.78 is 4.75. The van der Waals surface area contributed by atoms with Crippen LogP contribution in [-0.2, 0) is 14.3 Å². The van der Waals surface area contributed by atoms with E-state index in [0.717, 1.165) is 0 Å². The highest BCUT2D eigenvalue weighted by Gasteiger charge is 2.10. The van der Waals surface area contributed by atoms with Crippen LogP contribution in [0.1, 0.15) is 20.3 Å². The minimum Gasteiger partial charge on any atom is -0.466 e. The third-order valence-corrected chi connectivity index (χ3v) is 1.51. The summed E-state index contributed by atoms with van der Waals surface area (Å²) in [6.07, 6.45) is 1.68. The predicted molar refractivity (Wildman–Crippen MR) is 53.7 cm³/mol. The smallest absolute Gasteiger partial charge is 0.310 e. The second-order valence-corrected chi connectivity index (χ2v) is 3.16. The minimum atomic E-state index is -0.365. The van der Waals surface area contributed by atoms with Crippen molar-refractivity contribution in [1.82, 2.24) is 4.90 Å². The molecule has 0 atom stereocenters. The fourth-order valence-electron chi connectivity index (χ4n) is 0.940. The van der Waals surface area contributed by atoms with Crippen molar-refractivity contribution in [1.29, 1.82) is 0 Å². The summed E-state index contributed by atoms with van der Waals surface area (Å²) >= 11 is 0. The Balaban J connectivity index is 4.39. The quantitative estimate of drug-likeness (QED) is 0.489.